The van der Waals surface area contributed by atoms with Crippen LogP contribution in [0.15, 0.2) is 10.9 Å². The van der Waals surface area contributed by atoms with Crippen LogP contribution < -0.4 is 5.56 Å². The van der Waals surface area contributed by atoms with Crippen LogP contribution in [0.25, 0.3) is 0 Å². The van der Waals surface area contributed by atoms with Gasteiger partial charge in [-0.25, -0.2) is 4.98 Å². The van der Waals surface area contributed by atoms with Gasteiger partial charge in [0.15, 0.2) is 0 Å². The van der Waals surface area contributed by atoms with E-state index < -0.39 is 5.60 Å². The minimum atomic E-state index is -0.499. The summed E-state index contributed by atoms with van der Waals surface area (Å²) in [5.41, 5.74) is 0.228. The Morgan fingerprint density at radius 1 is 1.50 bits per heavy atom. The average molecular weight is 252 g/mol. The van der Waals surface area contributed by atoms with Gasteiger partial charge in [0.2, 0.25) is 0 Å². The smallest absolute Gasteiger partial charge is 0.251 e. The summed E-state index contributed by atoms with van der Waals surface area (Å²) in [6.45, 7) is 3.34. The highest BCUT2D eigenvalue weighted by Crippen LogP contribution is 2.32. The molecule has 100 valence electrons. The Labute approximate surface area is 107 Å². The van der Waals surface area contributed by atoms with Gasteiger partial charge >= 0.3 is 0 Å². The number of aryl methyl sites for hydroxylation is 1. The number of hydrogen-bond donors (Lipinski definition) is 1. The molecule has 1 saturated heterocycles. The monoisotopic (exact) mass is 252 g/mol. The third-order valence-electron chi connectivity index (χ3n) is 3.42. The van der Waals surface area contributed by atoms with E-state index >= 15 is 0 Å². The summed E-state index contributed by atoms with van der Waals surface area (Å²) in [5.74, 6) is 0.643. The highest BCUT2D eigenvalue weighted by Gasteiger charge is 2.37. The van der Waals surface area contributed by atoms with E-state index in [-0.39, 0.29) is 5.56 Å². The van der Waals surface area contributed by atoms with Crippen molar-refractivity contribution < 1.29 is 9.47 Å². The fourth-order valence-electron chi connectivity index (χ4n) is 2.35. The Bertz CT molecular complexity index is 450. The minimum Gasteiger partial charge on any atom is -0.381 e. The molecule has 1 aliphatic rings. The molecule has 0 saturated carbocycles. The van der Waals surface area contributed by atoms with Gasteiger partial charge in [-0.05, 0) is 6.42 Å². The van der Waals surface area contributed by atoms with E-state index in [9.17, 15) is 4.79 Å². The maximum atomic E-state index is 11.7. The highest BCUT2D eigenvalue weighted by atomic mass is 16.5. The first-order chi connectivity index (χ1) is 8.70. The topological polar surface area (TPSA) is 64.2 Å². The summed E-state index contributed by atoms with van der Waals surface area (Å²) < 4.78 is 11.0. The van der Waals surface area contributed by atoms with Crippen molar-refractivity contribution in [2.75, 3.05) is 20.3 Å². The molecule has 0 aliphatic carbocycles. The second kappa shape index (κ2) is 5.63. The van der Waals surface area contributed by atoms with E-state index in [1.54, 1.807) is 13.2 Å². The molecule has 0 spiro atoms. The molecule has 0 atom stereocenters. The summed E-state index contributed by atoms with van der Waals surface area (Å²) in [6.07, 6.45) is 3.23. The third kappa shape index (κ3) is 2.62. The maximum Gasteiger partial charge on any atom is 0.251 e. The SMILES string of the molecule is CCCc1cc(=O)[nH]c(C2(OC)CCOCC2)n1. The zero-order valence-electron chi connectivity index (χ0n) is 11.0. The van der Waals surface area contributed by atoms with Crippen LogP contribution in [0.2, 0.25) is 0 Å². The molecule has 1 aromatic heterocycles. The number of methoxy groups -OCH3 is 1. The first kappa shape index (κ1) is 13.2. The van der Waals surface area contributed by atoms with Gasteiger partial charge < -0.3 is 14.5 Å². The van der Waals surface area contributed by atoms with Gasteiger partial charge in [0.1, 0.15) is 11.4 Å². The predicted octanol–water partition coefficient (Wildman–Crippen LogP) is 1.37. The second-order valence-electron chi connectivity index (χ2n) is 4.65. The quantitative estimate of drug-likeness (QED) is 0.879. The Kier molecular flexibility index (Phi) is 4.14. The van der Waals surface area contributed by atoms with E-state index in [4.69, 9.17) is 9.47 Å². The van der Waals surface area contributed by atoms with Gasteiger partial charge in [-0.1, -0.05) is 13.3 Å². The van der Waals surface area contributed by atoms with Gasteiger partial charge in [0, 0.05) is 44.9 Å². The van der Waals surface area contributed by atoms with Crippen molar-refractivity contribution in [3.05, 3.63) is 27.9 Å². The lowest BCUT2D eigenvalue weighted by molar-refractivity contribution is -0.100. The van der Waals surface area contributed by atoms with Crippen molar-refractivity contribution in [3.63, 3.8) is 0 Å². The van der Waals surface area contributed by atoms with Crippen LogP contribution in [-0.2, 0) is 21.5 Å². The van der Waals surface area contributed by atoms with Gasteiger partial charge in [-0.3, -0.25) is 4.79 Å². The molecule has 0 aromatic carbocycles. The molecule has 2 rings (SSSR count). The van der Waals surface area contributed by atoms with Crippen molar-refractivity contribution in [2.45, 2.75) is 38.2 Å². The number of ether oxygens (including phenoxy) is 2. The van der Waals surface area contributed by atoms with E-state index in [0.717, 1.165) is 31.4 Å². The van der Waals surface area contributed by atoms with Crippen LogP contribution in [0.3, 0.4) is 0 Å². The van der Waals surface area contributed by atoms with Crippen LogP contribution in [0.5, 0.6) is 0 Å². The average Bonchev–Trinajstić information content (AvgIpc) is 2.39. The van der Waals surface area contributed by atoms with Gasteiger partial charge in [-0.2, -0.15) is 0 Å². The molecule has 0 radical (unpaired) electrons. The molecule has 0 unspecified atom stereocenters. The molecular formula is C13H20N2O3. The Hall–Kier alpha value is -1.20. The third-order valence-corrected chi connectivity index (χ3v) is 3.42. The molecule has 18 heavy (non-hydrogen) atoms. The molecule has 0 amide bonds. The van der Waals surface area contributed by atoms with E-state index in [2.05, 4.69) is 16.9 Å². The molecule has 5 heteroatoms. The van der Waals surface area contributed by atoms with Crippen molar-refractivity contribution in [1.82, 2.24) is 9.97 Å². The normalized spacial score (nSPS) is 18.8. The lowest BCUT2D eigenvalue weighted by Crippen LogP contribution is -2.39. The zero-order valence-corrected chi connectivity index (χ0v) is 11.0. The van der Waals surface area contributed by atoms with Gasteiger partial charge in [0.25, 0.3) is 5.56 Å². The van der Waals surface area contributed by atoms with Crippen molar-refractivity contribution in [3.8, 4) is 0 Å². The molecule has 5 nitrogen and oxygen atoms in total. The van der Waals surface area contributed by atoms with Crippen molar-refractivity contribution >= 4 is 0 Å². The van der Waals surface area contributed by atoms with Crippen molar-refractivity contribution in [2.24, 2.45) is 0 Å². The van der Waals surface area contributed by atoms with Crippen LogP contribution >= 0.6 is 0 Å². The first-order valence-electron chi connectivity index (χ1n) is 6.44. The van der Waals surface area contributed by atoms with Crippen LogP contribution in [-0.4, -0.2) is 30.3 Å². The van der Waals surface area contributed by atoms with Gasteiger partial charge in [-0.15, -0.1) is 0 Å². The number of nitrogens with zero attached hydrogens (tertiary/aromatic N) is 1. The summed E-state index contributed by atoms with van der Waals surface area (Å²) in [4.78, 5) is 19.1. The number of rotatable bonds is 4. The van der Waals surface area contributed by atoms with Gasteiger partial charge in [0.05, 0.1) is 0 Å². The number of nitrogens with one attached hydrogen (secondary N) is 1. The first-order valence-corrected chi connectivity index (χ1v) is 6.44. The molecule has 1 N–H and O–H groups in total. The number of H-pyrrole nitrogens is 1. The number of aromatic nitrogens is 2. The standard InChI is InChI=1S/C13H20N2O3/c1-3-4-10-9-11(16)15-12(14-10)13(17-2)5-7-18-8-6-13/h9H,3-8H2,1-2H3,(H,14,15,16). The fourth-order valence-corrected chi connectivity index (χ4v) is 2.35. The molecule has 2 heterocycles. The van der Waals surface area contributed by atoms with Crippen LogP contribution in [0.4, 0.5) is 0 Å². The lowest BCUT2D eigenvalue weighted by Gasteiger charge is -2.34. The minimum absolute atomic E-state index is 0.105. The molecule has 0 bridgehead atoms. The zero-order chi connectivity index (χ0) is 13.0. The summed E-state index contributed by atoms with van der Waals surface area (Å²) >= 11 is 0. The van der Waals surface area contributed by atoms with Crippen LogP contribution in [0, 0.1) is 0 Å². The maximum absolute atomic E-state index is 11.7. The summed E-state index contributed by atoms with van der Waals surface area (Å²) in [5, 5.41) is 0. The molecule has 1 aliphatic heterocycles. The fraction of sp³-hybridized carbons (Fsp3) is 0.692. The summed E-state index contributed by atoms with van der Waals surface area (Å²) in [7, 11) is 1.66. The molecular weight excluding hydrogens is 232 g/mol. The van der Waals surface area contributed by atoms with Crippen molar-refractivity contribution in [1.29, 1.82) is 0 Å². The Morgan fingerprint density at radius 3 is 2.83 bits per heavy atom. The summed E-state index contributed by atoms with van der Waals surface area (Å²) in [6, 6.07) is 1.57. The molecule has 1 fully saturated rings. The lowest BCUT2D eigenvalue weighted by atomic mass is 9.93. The van der Waals surface area contributed by atoms with E-state index in [0.29, 0.717) is 19.0 Å². The molecule has 1 aromatic rings. The largest absolute Gasteiger partial charge is 0.381 e. The number of aromatic amines is 1. The van der Waals surface area contributed by atoms with Crippen LogP contribution in [0.1, 0.15) is 37.7 Å². The Morgan fingerprint density at radius 2 is 2.22 bits per heavy atom. The second-order valence-corrected chi connectivity index (χ2v) is 4.65. The number of hydrogen-bond acceptors (Lipinski definition) is 4. The predicted molar refractivity (Wildman–Crippen MR) is 67.6 cm³/mol. The van der Waals surface area contributed by atoms with E-state index in [1.165, 1.54) is 0 Å². The van der Waals surface area contributed by atoms with E-state index in [1.807, 2.05) is 0 Å². The highest BCUT2D eigenvalue weighted by molar-refractivity contribution is 5.10. The Balaban J connectivity index is 2.38.